The van der Waals surface area contributed by atoms with Crippen molar-refractivity contribution in [1.29, 1.82) is 0 Å². The Morgan fingerprint density at radius 1 is 1.23 bits per heavy atom. The molecule has 0 aliphatic rings. The molecule has 2 heterocycles. The number of nitrogens with one attached hydrogen (secondary N) is 1. The van der Waals surface area contributed by atoms with Crippen molar-refractivity contribution in [3.05, 3.63) is 70.6 Å². The lowest BCUT2D eigenvalue weighted by Gasteiger charge is -2.19. The zero-order valence-corrected chi connectivity index (χ0v) is 18.5. The largest absolute Gasteiger partial charge is 0.345 e. The van der Waals surface area contributed by atoms with Gasteiger partial charge in [-0.3, -0.25) is 4.79 Å². The molecular weight excluding hydrogens is 424 g/mol. The zero-order chi connectivity index (χ0) is 21.9. The van der Waals surface area contributed by atoms with Crippen molar-refractivity contribution >= 4 is 27.3 Å². The van der Waals surface area contributed by atoms with Gasteiger partial charge in [0, 0.05) is 17.5 Å². The van der Waals surface area contributed by atoms with Crippen molar-refractivity contribution in [2.45, 2.75) is 37.8 Å². The fourth-order valence-electron chi connectivity index (χ4n) is 3.17. The van der Waals surface area contributed by atoms with Crippen LogP contribution in [0.2, 0.25) is 5.02 Å². The number of aromatic nitrogens is 3. The molecule has 1 atom stereocenters. The van der Waals surface area contributed by atoms with Crippen molar-refractivity contribution in [1.82, 2.24) is 20.1 Å². The minimum absolute atomic E-state index is 0.0120. The highest BCUT2D eigenvalue weighted by Gasteiger charge is 2.21. The maximum absolute atomic E-state index is 13.0. The predicted molar refractivity (Wildman–Crippen MR) is 116 cm³/mol. The summed E-state index contributed by atoms with van der Waals surface area (Å²) in [6, 6.07) is 10.1. The number of carbonyl (C=O) groups is 1. The van der Waals surface area contributed by atoms with Crippen LogP contribution >= 0.6 is 11.6 Å². The summed E-state index contributed by atoms with van der Waals surface area (Å²) < 4.78 is 25.4. The molecule has 1 aromatic carbocycles. The summed E-state index contributed by atoms with van der Waals surface area (Å²) in [6.45, 7) is 3.82. The number of rotatable bonds is 7. The Bertz CT molecular complexity index is 1160. The SMILES string of the molecule is CCCC(NC(=O)c1cnn(-c2ccc(Cl)cc2)c1C)c1ccnc(S(C)(=O)=O)c1. The van der Waals surface area contributed by atoms with E-state index in [2.05, 4.69) is 15.4 Å². The number of hydrogen-bond donors (Lipinski definition) is 1. The van der Waals surface area contributed by atoms with Crippen LogP contribution in [0, 0.1) is 6.92 Å². The van der Waals surface area contributed by atoms with E-state index in [-0.39, 0.29) is 17.0 Å². The minimum atomic E-state index is -3.44. The van der Waals surface area contributed by atoms with Crippen molar-refractivity contribution < 1.29 is 13.2 Å². The van der Waals surface area contributed by atoms with E-state index >= 15 is 0 Å². The summed E-state index contributed by atoms with van der Waals surface area (Å²) in [6.07, 6.45) is 5.55. The van der Waals surface area contributed by atoms with Crippen molar-refractivity contribution in [2.24, 2.45) is 0 Å². The van der Waals surface area contributed by atoms with Gasteiger partial charge in [0.05, 0.1) is 29.2 Å². The summed E-state index contributed by atoms with van der Waals surface area (Å²) in [5.41, 5.74) is 2.64. The predicted octanol–water partition coefficient (Wildman–Crippen LogP) is 3.90. The second-order valence-electron chi connectivity index (χ2n) is 7.05. The third-order valence-corrected chi connectivity index (χ3v) is 5.98. The first-order valence-corrected chi connectivity index (χ1v) is 11.7. The Kier molecular flexibility index (Phi) is 6.58. The van der Waals surface area contributed by atoms with Crippen molar-refractivity contribution in [3.63, 3.8) is 0 Å². The van der Waals surface area contributed by atoms with Crippen LogP contribution in [0.5, 0.6) is 0 Å². The summed E-state index contributed by atoms with van der Waals surface area (Å²) in [5.74, 6) is -0.274. The lowest BCUT2D eigenvalue weighted by Crippen LogP contribution is -2.29. The van der Waals surface area contributed by atoms with Gasteiger partial charge in [0.15, 0.2) is 14.9 Å². The highest BCUT2D eigenvalue weighted by molar-refractivity contribution is 7.90. The molecule has 0 aliphatic heterocycles. The van der Waals surface area contributed by atoms with Crippen LogP contribution in [0.3, 0.4) is 0 Å². The maximum atomic E-state index is 13.0. The monoisotopic (exact) mass is 446 g/mol. The van der Waals surface area contributed by atoms with Gasteiger partial charge in [-0.15, -0.1) is 0 Å². The van der Waals surface area contributed by atoms with E-state index in [4.69, 9.17) is 11.6 Å². The molecule has 0 saturated carbocycles. The van der Waals surface area contributed by atoms with Crippen LogP contribution in [-0.2, 0) is 9.84 Å². The van der Waals surface area contributed by atoms with Gasteiger partial charge in [-0.25, -0.2) is 18.1 Å². The quantitative estimate of drug-likeness (QED) is 0.593. The molecule has 0 bridgehead atoms. The van der Waals surface area contributed by atoms with E-state index in [1.54, 1.807) is 22.9 Å². The summed E-state index contributed by atoms with van der Waals surface area (Å²) in [7, 11) is -3.44. The molecule has 1 N–H and O–H groups in total. The molecule has 3 aromatic rings. The maximum Gasteiger partial charge on any atom is 0.255 e. The fourth-order valence-corrected chi connectivity index (χ4v) is 3.89. The summed E-state index contributed by atoms with van der Waals surface area (Å²) in [4.78, 5) is 16.9. The summed E-state index contributed by atoms with van der Waals surface area (Å²) in [5, 5.41) is 7.95. The third-order valence-electron chi connectivity index (χ3n) is 4.75. The molecule has 0 spiro atoms. The van der Waals surface area contributed by atoms with Gasteiger partial charge in [-0.05, 0) is 55.3 Å². The van der Waals surface area contributed by atoms with Gasteiger partial charge in [0.25, 0.3) is 5.91 Å². The third kappa shape index (κ3) is 4.88. The molecule has 7 nitrogen and oxygen atoms in total. The average molecular weight is 447 g/mol. The fraction of sp³-hybridized carbons (Fsp3) is 0.286. The van der Waals surface area contributed by atoms with Crippen LogP contribution in [0.4, 0.5) is 0 Å². The molecule has 3 rings (SSSR count). The molecule has 2 aromatic heterocycles. The van der Waals surface area contributed by atoms with E-state index in [1.165, 1.54) is 18.5 Å². The molecule has 158 valence electrons. The first-order chi connectivity index (χ1) is 14.2. The summed E-state index contributed by atoms with van der Waals surface area (Å²) >= 11 is 5.94. The number of amides is 1. The van der Waals surface area contributed by atoms with Crippen LogP contribution in [0.1, 0.15) is 47.4 Å². The molecule has 1 unspecified atom stereocenters. The van der Waals surface area contributed by atoms with Crippen LogP contribution < -0.4 is 5.32 Å². The highest BCUT2D eigenvalue weighted by atomic mass is 35.5. The Morgan fingerprint density at radius 3 is 2.57 bits per heavy atom. The van der Waals surface area contributed by atoms with Gasteiger partial charge in [0.1, 0.15) is 0 Å². The highest BCUT2D eigenvalue weighted by Crippen LogP contribution is 2.22. The molecule has 0 fully saturated rings. The van der Waals surface area contributed by atoms with Gasteiger partial charge in [-0.1, -0.05) is 24.9 Å². The lowest BCUT2D eigenvalue weighted by molar-refractivity contribution is 0.0933. The normalized spacial score (nSPS) is 12.5. The number of nitrogens with zero attached hydrogens (tertiary/aromatic N) is 3. The van der Waals surface area contributed by atoms with Gasteiger partial charge in [-0.2, -0.15) is 5.10 Å². The Morgan fingerprint density at radius 2 is 1.93 bits per heavy atom. The number of pyridine rings is 1. The Labute approximate surface area is 181 Å². The first kappa shape index (κ1) is 22.0. The average Bonchev–Trinajstić information content (AvgIpc) is 3.09. The van der Waals surface area contributed by atoms with E-state index in [1.807, 2.05) is 26.0 Å². The number of sulfone groups is 1. The molecule has 30 heavy (non-hydrogen) atoms. The van der Waals surface area contributed by atoms with Crippen LogP contribution in [0.25, 0.3) is 5.69 Å². The van der Waals surface area contributed by atoms with E-state index in [9.17, 15) is 13.2 Å². The topological polar surface area (TPSA) is 93.9 Å². The minimum Gasteiger partial charge on any atom is -0.345 e. The Balaban J connectivity index is 1.87. The van der Waals surface area contributed by atoms with Crippen LogP contribution in [0.15, 0.2) is 53.8 Å². The van der Waals surface area contributed by atoms with Gasteiger partial charge < -0.3 is 5.32 Å². The molecule has 1 amide bonds. The van der Waals surface area contributed by atoms with E-state index in [0.29, 0.717) is 28.3 Å². The second kappa shape index (κ2) is 8.97. The van der Waals surface area contributed by atoms with Crippen molar-refractivity contribution in [3.8, 4) is 5.69 Å². The number of carbonyl (C=O) groups excluding carboxylic acids is 1. The number of hydrogen-bond acceptors (Lipinski definition) is 5. The first-order valence-electron chi connectivity index (χ1n) is 9.48. The second-order valence-corrected chi connectivity index (χ2v) is 9.45. The smallest absolute Gasteiger partial charge is 0.255 e. The van der Waals surface area contributed by atoms with Crippen molar-refractivity contribution in [2.75, 3.05) is 6.26 Å². The lowest BCUT2D eigenvalue weighted by atomic mass is 10.0. The molecule has 9 heteroatoms. The standard InChI is InChI=1S/C21H23ClN4O3S/c1-4-5-19(15-10-11-23-20(12-15)30(3,28)29)25-21(27)18-13-24-26(14(18)2)17-8-6-16(22)7-9-17/h6-13,19H,4-5H2,1-3H3,(H,25,27). The molecular formula is C21H23ClN4O3S. The van der Waals surface area contributed by atoms with E-state index in [0.717, 1.165) is 18.4 Å². The number of halogens is 1. The zero-order valence-electron chi connectivity index (χ0n) is 17.0. The number of benzene rings is 1. The molecule has 0 saturated heterocycles. The van der Waals surface area contributed by atoms with Crippen LogP contribution in [-0.4, -0.2) is 35.3 Å². The molecule has 0 radical (unpaired) electrons. The molecule has 0 aliphatic carbocycles. The van der Waals surface area contributed by atoms with E-state index < -0.39 is 9.84 Å². The van der Waals surface area contributed by atoms with Gasteiger partial charge in [0.2, 0.25) is 0 Å². The van der Waals surface area contributed by atoms with Gasteiger partial charge >= 0.3 is 0 Å². The Hall–Kier alpha value is -2.71.